The number of nitrogens with one attached hydrogen (secondary N) is 1. The van der Waals surface area contributed by atoms with E-state index in [1.165, 1.54) is 35.6 Å². The molecule has 3 heteroatoms. The molecular formula is C19H24N2S. The van der Waals surface area contributed by atoms with Crippen molar-refractivity contribution in [3.63, 3.8) is 0 Å². The SMILES string of the molecule is C[C@@H](NC(=S)N1CCCC[C@@H]1C)c1cccc2ccccc12. The van der Waals surface area contributed by atoms with Gasteiger partial charge in [0.15, 0.2) is 5.11 Å². The van der Waals surface area contributed by atoms with Crippen LogP contribution in [0, 0.1) is 0 Å². The first-order valence-corrected chi connectivity index (χ1v) is 8.62. The Kier molecular flexibility index (Phi) is 4.63. The zero-order chi connectivity index (χ0) is 15.5. The van der Waals surface area contributed by atoms with Crippen molar-refractivity contribution in [2.75, 3.05) is 6.54 Å². The van der Waals surface area contributed by atoms with Gasteiger partial charge in [-0.1, -0.05) is 42.5 Å². The molecule has 1 aliphatic heterocycles. The van der Waals surface area contributed by atoms with Gasteiger partial charge in [-0.3, -0.25) is 0 Å². The molecule has 1 saturated heterocycles. The second kappa shape index (κ2) is 6.66. The van der Waals surface area contributed by atoms with Gasteiger partial charge in [0.1, 0.15) is 0 Å². The molecule has 1 N–H and O–H groups in total. The van der Waals surface area contributed by atoms with Gasteiger partial charge in [-0.25, -0.2) is 0 Å². The van der Waals surface area contributed by atoms with Crippen molar-refractivity contribution in [2.45, 2.75) is 45.2 Å². The molecule has 22 heavy (non-hydrogen) atoms. The number of nitrogens with zero attached hydrogens (tertiary/aromatic N) is 1. The number of likely N-dealkylation sites (tertiary alicyclic amines) is 1. The Hall–Kier alpha value is -1.61. The molecule has 0 bridgehead atoms. The summed E-state index contributed by atoms with van der Waals surface area (Å²) in [6.45, 7) is 5.55. The predicted octanol–water partition coefficient (Wildman–Crippen LogP) is 4.65. The third-order valence-electron chi connectivity index (χ3n) is 4.69. The van der Waals surface area contributed by atoms with Crippen LogP contribution in [-0.2, 0) is 0 Å². The first kappa shape index (κ1) is 15.3. The number of hydrogen-bond acceptors (Lipinski definition) is 1. The van der Waals surface area contributed by atoms with E-state index in [1.807, 2.05) is 0 Å². The number of piperidine rings is 1. The normalized spacial score (nSPS) is 19.9. The average Bonchev–Trinajstić information content (AvgIpc) is 2.54. The third kappa shape index (κ3) is 3.09. The largest absolute Gasteiger partial charge is 0.356 e. The number of thiocarbonyl (C=S) groups is 1. The van der Waals surface area contributed by atoms with Gasteiger partial charge in [0, 0.05) is 12.6 Å². The van der Waals surface area contributed by atoms with Gasteiger partial charge in [-0.15, -0.1) is 0 Å². The fourth-order valence-electron chi connectivity index (χ4n) is 3.37. The molecule has 2 aromatic rings. The van der Waals surface area contributed by atoms with E-state index in [1.54, 1.807) is 0 Å². The Morgan fingerprint density at radius 2 is 1.95 bits per heavy atom. The lowest BCUT2D eigenvalue weighted by Crippen LogP contribution is -2.47. The number of hydrogen-bond donors (Lipinski definition) is 1. The van der Waals surface area contributed by atoms with E-state index in [2.05, 4.69) is 66.5 Å². The molecule has 2 aromatic carbocycles. The van der Waals surface area contributed by atoms with E-state index in [4.69, 9.17) is 12.2 Å². The fraction of sp³-hybridized carbons (Fsp3) is 0.421. The molecular weight excluding hydrogens is 288 g/mol. The molecule has 2 nitrogen and oxygen atoms in total. The molecule has 0 aliphatic carbocycles. The molecule has 0 saturated carbocycles. The summed E-state index contributed by atoms with van der Waals surface area (Å²) < 4.78 is 0. The highest BCUT2D eigenvalue weighted by atomic mass is 32.1. The topological polar surface area (TPSA) is 15.3 Å². The van der Waals surface area contributed by atoms with Crippen molar-refractivity contribution in [1.29, 1.82) is 0 Å². The van der Waals surface area contributed by atoms with Crippen LogP contribution in [-0.4, -0.2) is 22.6 Å². The minimum atomic E-state index is 0.215. The molecule has 1 fully saturated rings. The maximum absolute atomic E-state index is 5.66. The Balaban J connectivity index is 1.78. The zero-order valence-corrected chi connectivity index (χ0v) is 14.2. The van der Waals surface area contributed by atoms with Crippen LogP contribution in [0.3, 0.4) is 0 Å². The summed E-state index contributed by atoms with van der Waals surface area (Å²) in [6, 6.07) is 15.8. The minimum absolute atomic E-state index is 0.215. The van der Waals surface area contributed by atoms with Crippen LogP contribution < -0.4 is 5.32 Å². The quantitative estimate of drug-likeness (QED) is 0.813. The van der Waals surface area contributed by atoms with Crippen molar-refractivity contribution < 1.29 is 0 Å². The van der Waals surface area contributed by atoms with Crippen molar-refractivity contribution in [2.24, 2.45) is 0 Å². The summed E-state index contributed by atoms with van der Waals surface area (Å²) in [5.41, 5.74) is 1.31. The zero-order valence-electron chi connectivity index (χ0n) is 13.4. The van der Waals surface area contributed by atoms with E-state index in [9.17, 15) is 0 Å². The van der Waals surface area contributed by atoms with Crippen LogP contribution in [0.2, 0.25) is 0 Å². The van der Waals surface area contributed by atoms with Gasteiger partial charge < -0.3 is 10.2 Å². The second-order valence-electron chi connectivity index (χ2n) is 6.28. The number of fused-ring (bicyclic) bond motifs is 1. The van der Waals surface area contributed by atoms with E-state index < -0.39 is 0 Å². The monoisotopic (exact) mass is 312 g/mol. The van der Waals surface area contributed by atoms with E-state index in [0.717, 1.165) is 11.7 Å². The van der Waals surface area contributed by atoms with Crippen LogP contribution in [0.4, 0.5) is 0 Å². The van der Waals surface area contributed by atoms with Crippen molar-refractivity contribution in [1.82, 2.24) is 10.2 Å². The van der Waals surface area contributed by atoms with Crippen LogP contribution in [0.5, 0.6) is 0 Å². The molecule has 0 spiro atoms. The molecule has 0 amide bonds. The minimum Gasteiger partial charge on any atom is -0.356 e. The van der Waals surface area contributed by atoms with Gasteiger partial charge in [-0.05, 0) is 61.7 Å². The van der Waals surface area contributed by atoms with Crippen LogP contribution in [0.15, 0.2) is 42.5 Å². The Morgan fingerprint density at radius 1 is 1.18 bits per heavy atom. The van der Waals surface area contributed by atoms with Crippen molar-refractivity contribution in [3.05, 3.63) is 48.0 Å². The first-order valence-electron chi connectivity index (χ1n) is 8.21. The summed E-state index contributed by atoms with van der Waals surface area (Å²) in [5.74, 6) is 0. The van der Waals surface area contributed by atoms with Gasteiger partial charge in [0.05, 0.1) is 6.04 Å². The highest BCUT2D eigenvalue weighted by Crippen LogP contribution is 2.25. The fourth-order valence-corrected chi connectivity index (χ4v) is 3.82. The molecule has 2 atom stereocenters. The molecule has 0 aromatic heterocycles. The van der Waals surface area contributed by atoms with E-state index >= 15 is 0 Å². The molecule has 1 aliphatic rings. The summed E-state index contributed by atoms with van der Waals surface area (Å²) >= 11 is 5.66. The first-order chi connectivity index (χ1) is 10.7. The third-order valence-corrected chi connectivity index (χ3v) is 5.05. The summed E-state index contributed by atoms with van der Waals surface area (Å²) in [7, 11) is 0. The lowest BCUT2D eigenvalue weighted by atomic mass is 9.99. The molecule has 3 rings (SSSR count). The van der Waals surface area contributed by atoms with Gasteiger partial charge >= 0.3 is 0 Å². The van der Waals surface area contributed by atoms with Crippen molar-refractivity contribution in [3.8, 4) is 0 Å². The van der Waals surface area contributed by atoms with Gasteiger partial charge in [0.2, 0.25) is 0 Å². The molecule has 0 radical (unpaired) electrons. The standard InChI is InChI=1S/C19H24N2S/c1-14-8-5-6-13-21(14)19(22)20-15(2)17-12-7-10-16-9-3-4-11-18(16)17/h3-4,7,9-12,14-15H,5-6,8,13H2,1-2H3,(H,20,22)/t14-,15+/m0/s1. The van der Waals surface area contributed by atoms with E-state index in [-0.39, 0.29) is 6.04 Å². The number of rotatable bonds is 2. The smallest absolute Gasteiger partial charge is 0.169 e. The van der Waals surface area contributed by atoms with Crippen LogP contribution in [0.1, 0.15) is 44.7 Å². The highest BCUT2D eigenvalue weighted by Gasteiger charge is 2.22. The predicted molar refractivity (Wildman–Crippen MR) is 98.1 cm³/mol. The molecule has 0 unspecified atom stereocenters. The summed E-state index contributed by atoms with van der Waals surface area (Å²) in [6.07, 6.45) is 3.80. The highest BCUT2D eigenvalue weighted by molar-refractivity contribution is 7.80. The second-order valence-corrected chi connectivity index (χ2v) is 6.66. The lowest BCUT2D eigenvalue weighted by molar-refractivity contribution is 0.254. The maximum atomic E-state index is 5.66. The maximum Gasteiger partial charge on any atom is 0.169 e. The summed E-state index contributed by atoms with van der Waals surface area (Å²) in [5, 5.41) is 7.03. The lowest BCUT2D eigenvalue weighted by Gasteiger charge is -2.36. The van der Waals surface area contributed by atoms with Crippen LogP contribution in [0.25, 0.3) is 10.8 Å². The molecule has 116 valence electrons. The van der Waals surface area contributed by atoms with Gasteiger partial charge in [0.25, 0.3) is 0 Å². The Labute approximate surface area is 138 Å². The average molecular weight is 312 g/mol. The van der Waals surface area contributed by atoms with E-state index in [0.29, 0.717) is 6.04 Å². The van der Waals surface area contributed by atoms with Gasteiger partial charge in [-0.2, -0.15) is 0 Å². The number of benzene rings is 2. The Morgan fingerprint density at radius 3 is 2.77 bits per heavy atom. The summed E-state index contributed by atoms with van der Waals surface area (Å²) in [4.78, 5) is 2.35. The van der Waals surface area contributed by atoms with Crippen LogP contribution >= 0.6 is 12.2 Å². The molecule has 1 heterocycles. The Bertz CT molecular complexity index is 662. The van der Waals surface area contributed by atoms with Crippen molar-refractivity contribution >= 4 is 28.1 Å².